The number of aliphatic hydroxyl groups excluding tert-OH is 1. The van der Waals surface area contributed by atoms with Gasteiger partial charge in [0.1, 0.15) is 0 Å². The van der Waals surface area contributed by atoms with Crippen LogP contribution in [0.3, 0.4) is 0 Å². The Morgan fingerprint density at radius 3 is 2.90 bits per heavy atom. The van der Waals surface area contributed by atoms with Gasteiger partial charge in [-0.15, -0.1) is 6.58 Å². The molecule has 0 saturated heterocycles. The molecule has 0 amide bonds. The summed E-state index contributed by atoms with van der Waals surface area (Å²) in [5.74, 6) is 0.709. The standard InChI is InChI=1S/C9H16O/c1-2-4-8-5-3-6-9(10)7-8/h2,8-10H,1,3-7H2/t8-,9+/m0/s1. The summed E-state index contributed by atoms with van der Waals surface area (Å²) in [5, 5.41) is 9.27. The zero-order valence-electron chi connectivity index (χ0n) is 6.42. The van der Waals surface area contributed by atoms with Crippen molar-refractivity contribution in [3.05, 3.63) is 12.7 Å². The molecule has 2 atom stereocenters. The Balaban J connectivity index is 2.24. The number of hydrogen-bond acceptors (Lipinski definition) is 1. The monoisotopic (exact) mass is 140 g/mol. The first-order valence-corrected chi connectivity index (χ1v) is 4.12. The molecule has 1 heteroatoms. The summed E-state index contributed by atoms with van der Waals surface area (Å²) < 4.78 is 0. The predicted octanol–water partition coefficient (Wildman–Crippen LogP) is 2.11. The average Bonchev–Trinajstić information content (AvgIpc) is 1.88. The van der Waals surface area contributed by atoms with Gasteiger partial charge in [-0.2, -0.15) is 0 Å². The van der Waals surface area contributed by atoms with Gasteiger partial charge in [0.05, 0.1) is 6.10 Å². The predicted molar refractivity (Wildman–Crippen MR) is 42.8 cm³/mol. The molecule has 1 fully saturated rings. The Hall–Kier alpha value is -0.300. The van der Waals surface area contributed by atoms with E-state index in [-0.39, 0.29) is 6.10 Å². The Morgan fingerprint density at radius 1 is 1.50 bits per heavy atom. The van der Waals surface area contributed by atoms with Crippen LogP contribution in [0.4, 0.5) is 0 Å². The Bertz CT molecular complexity index is 109. The van der Waals surface area contributed by atoms with Crippen molar-refractivity contribution >= 4 is 0 Å². The van der Waals surface area contributed by atoms with Gasteiger partial charge in [-0.1, -0.05) is 12.5 Å². The fourth-order valence-corrected chi connectivity index (χ4v) is 1.71. The lowest BCUT2D eigenvalue weighted by atomic mass is 9.85. The topological polar surface area (TPSA) is 20.2 Å². The largest absolute Gasteiger partial charge is 0.393 e. The molecule has 0 bridgehead atoms. The highest BCUT2D eigenvalue weighted by Crippen LogP contribution is 2.26. The molecule has 1 saturated carbocycles. The quantitative estimate of drug-likeness (QED) is 0.582. The fourth-order valence-electron chi connectivity index (χ4n) is 1.71. The van der Waals surface area contributed by atoms with E-state index in [9.17, 15) is 5.11 Å². The van der Waals surface area contributed by atoms with Gasteiger partial charge in [-0.3, -0.25) is 0 Å². The van der Waals surface area contributed by atoms with E-state index in [0.717, 1.165) is 19.3 Å². The van der Waals surface area contributed by atoms with Crippen LogP contribution in [-0.2, 0) is 0 Å². The van der Waals surface area contributed by atoms with E-state index in [1.165, 1.54) is 12.8 Å². The molecule has 0 heterocycles. The second-order valence-electron chi connectivity index (χ2n) is 3.21. The molecule has 0 spiro atoms. The van der Waals surface area contributed by atoms with Crippen LogP contribution >= 0.6 is 0 Å². The molecule has 1 aliphatic rings. The first-order chi connectivity index (χ1) is 4.83. The van der Waals surface area contributed by atoms with Gasteiger partial charge in [0.15, 0.2) is 0 Å². The molecule has 0 aromatic rings. The van der Waals surface area contributed by atoms with E-state index in [0.29, 0.717) is 5.92 Å². The van der Waals surface area contributed by atoms with Crippen molar-refractivity contribution in [2.75, 3.05) is 0 Å². The molecule has 0 radical (unpaired) electrons. The van der Waals surface area contributed by atoms with Crippen LogP contribution in [0, 0.1) is 5.92 Å². The van der Waals surface area contributed by atoms with Gasteiger partial charge in [0, 0.05) is 0 Å². The summed E-state index contributed by atoms with van der Waals surface area (Å²) >= 11 is 0. The molecule has 0 unspecified atom stereocenters. The Morgan fingerprint density at radius 2 is 2.30 bits per heavy atom. The van der Waals surface area contributed by atoms with Crippen LogP contribution in [0.25, 0.3) is 0 Å². The summed E-state index contributed by atoms with van der Waals surface area (Å²) in [6, 6.07) is 0. The van der Waals surface area contributed by atoms with E-state index in [4.69, 9.17) is 0 Å². The average molecular weight is 140 g/mol. The van der Waals surface area contributed by atoms with Gasteiger partial charge in [-0.25, -0.2) is 0 Å². The second kappa shape index (κ2) is 3.77. The van der Waals surface area contributed by atoms with Crippen LogP contribution < -0.4 is 0 Å². The SMILES string of the molecule is C=CC[C@H]1CCC[C@@H](O)C1. The first-order valence-electron chi connectivity index (χ1n) is 4.12. The summed E-state index contributed by atoms with van der Waals surface area (Å²) in [6.45, 7) is 3.70. The number of hydrogen-bond donors (Lipinski definition) is 1. The lowest BCUT2D eigenvalue weighted by molar-refractivity contribution is 0.102. The zero-order valence-corrected chi connectivity index (χ0v) is 6.42. The molecular formula is C9H16O. The minimum Gasteiger partial charge on any atom is -0.393 e. The molecule has 0 aromatic heterocycles. The van der Waals surface area contributed by atoms with Crippen LogP contribution in [0.15, 0.2) is 12.7 Å². The van der Waals surface area contributed by atoms with Crippen molar-refractivity contribution in [1.29, 1.82) is 0 Å². The van der Waals surface area contributed by atoms with Crippen molar-refractivity contribution in [1.82, 2.24) is 0 Å². The van der Waals surface area contributed by atoms with E-state index in [2.05, 4.69) is 6.58 Å². The van der Waals surface area contributed by atoms with Crippen molar-refractivity contribution < 1.29 is 5.11 Å². The van der Waals surface area contributed by atoms with E-state index in [1.54, 1.807) is 0 Å². The minimum atomic E-state index is -0.0290. The molecule has 1 rings (SSSR count). The van der Waals surface area contributed by atoms with Crippen LogP contribution in [0.5, 0.6) is 0 Å². The third kappa shape index (κ3) is 2.14. The number of allylic oxidation sites excluding steroid dienone is 1. The normalized spacial score (nSPS) is 33.7. The molecule has 1 nitrogen and oxygen atoms in total. The minimum absolute atomic E-state index is 0.0290. The van der Waals surface area contributed by atoms with Crippen molar-refractivity contribution in [3.63, 3.8) is 0 Å². The van der Waals surface area contributed by atoms with E-state index in [1.807, 2.05) is 6.08 Å². The van der Waals surface area contributed by atoms with Gasteiger partial charge in [0.25, 0.3) is 0 Å². The van der Waals surface area contributed by atoms with Crippen LogP contribution in [0.1, 0.15) is 32.1 Å². The Labute approximate surface area is 62.8 Å². The van der Waals surface area contributed by atoms with Crippen molar-refractivity contribution in [3.8, 4) is 0 Å². The summed E-state index contributed by atoms with van der Waals surface area (Å²) in [6.07, 6.45) is 7.49. The van der Waals surface area contributed by atoms with Crippen molar-refractivity contribution in [2.24, 2.45) is 5.92 Å². The van der Waals surface area contributed by atoms with Gasteiger partial charge in [0.2, 0.25) is 0 Å². The third-order valence-corrected chi connectivity index (χ3v) is 2.26. The van der Waals surface area contributed by atoms with Crippen molar-refractivity contribution in [2.45, 2.75) is 38.2 Å². The maximum atomic E-state index is 9.27. The van der Waals surface area contributed by atoms with E-state index >= 15 is 0 Å². The summed E-state index contributed by atoms with van der Waals surface area (Å²) in [5.41, 5.74) is 0. The highest BCUT2D eigenvalue weighted by Gasteiger charge is 2.18. The molecular weight excluding hydrogens is 124 g/mol. The highest BCUT2D eigenvalue weighted by atomic mass is 16.3. The second-order valence-corrected chi connectivity index (χ2v) is 3.21. The summed E-state index contributed by atoms with van der Waals surface area (Å²) in [7, 11) is 0. The molecule has 58 valence electrons. The van der Waals surface area contributed by atoms with Gasteiger partial charge in [-0.05, 0) is 31.6 Å². The zero-order chi connectivity index (χ0) is 7.40. The van der Waals surface area contributed by atoms with Crippen LogP contribution in [0.2, 0.25) is 0 Å². The first kappa shape index (κ1) is 7.80. The maximum absolute atomic E-state index is 9.27. The smallest absolute Gasteiger partial charge is 0.0543 e. The third-order valence-electron chi connectivity index (χ3n) is 2.26. The van der Waals surface area contributed by atoms with E-state index < -0.39 is 0 Å². The lowest BCUT2D eigenvalue weighted by Crippen LogP contribution is -2.18. The maximum Gasteiger partial charge on any atom is 0.0543 e. The number of aliphatic hydroxyl groups is 1. The molecule has 10 heavy (non-hydrogen) atoms. The number of rotatable bonds is 2. The van der Waals surface area contributed by atoms with Crippen LogP contribution in [-0.4, -0.2) is 11.2 Å². The summed E-state index contributed by atoms with van der Waals surface area (Å²) in [4.78, 5) is 0. The fraction of sp³-hybridized carbons (Fsp3) is 0.778. The Kier molecular flexibility index (Phi) is 2.94. The molecule has 0 aliphatic heterocycles. The molecule has 1 aliphatic carbocycles. The molecule has 0 aromatic carbocycles. The van der Waals surface area contributed by atoms with Gasteiger partial charge >= 0.3 is 0 Å². The molecule has 1 N–H and O–H groups in total. The van der Waals surface area contributed by atoms with Gasteiger partial charge < -0.3 is 5.11 Å². The highest BCUT2D eigenvalue weighted by molar-refractivity contribution is 4.78. The lowest BCUT2D eigenvalue weighted by Gasteiger charge is -2.24.